The van der Waals surface area contributed by atoms with Gasteiger partial charge in [0.2, 0.25) is 5.91 Å². The molecule has 1 amide bonds. The van der Waals surface area contributed by atoms with Crippen molar-refractivity contribution in [3.8, 4) is 5.75 Å². The van der Waals surface area contributed by atoms with Gasteiger partial charge in [-0.15, -0.1) is 0 Å². The summed E-state index contributed by atoms with van der Waals surface area (Å²) in [5, 5.41) is 7.06. The number of fused-ring (bicyclic) bond motifs is 1. The number of nitrogens with one attached hydrogen (secondary N) is 2. The number of halogens is 2. The van der Waals surface area contributed by atoms with Crippen LogP contribution in [0.15, 0.2) is 24.4 Å². The molecular weight excluding hydrogens is 430 g/mol. The van der Waals surface area contributed by atoms with Crippen molar-refractivity contribution in [2.75, 3.05) is 23.3 Å². The lowest BCUT2D eigenvalue weighted by atomic mass is 10.1. The molecule has 2 N–H and O–H groups in total. The Morgan fingerprint density at radius 3 is 2.91 bits per heavy atom. The summed E-state index contributed by atoms with van der Waals surface area (Å²) >= 11 is 0. The lowest BCUT2D eigenvalue weighted by Crippen LogP contribution is -2.35. The van der Waals surface area contributed by atoms with E-state index in [-0.39, 0.29) is 23.7 Å². The molecule has 3 aromatic rings. The third-order valence-corrected chi connectivity index (χ3v) is 5.37. The Balaban J connectivity index is 1.59. The quantitative estimate of drug-likeness (QED) is 0.565. The maximum Gasteiger partial charge on any atom is 0.387 e. The first-order valence-electron chi connectivity index (χ1n) is 10.6. The van der Waals surface area contributed by atoms with E-state index < -0.39 is 6.61 Å². The summed E-state index contributed by atoms with van der Waals surface area (Å²) in [7, 11) is 0. The molecule has 1 aromatic carbocycles. The summed E-state index contributed by atoms with van der Waals surface area (Å²) in [6.45, 7) is 3.71. The van der Waals surface area contributed by atoms with Gasteiger partial charge >= 0.3 is 6.61 Å². The molecule has 1 aliphatic heterocycles. The fourth-order valence-electron chi connectivity index (χ4n) is 3.90. The van der Waals surface area contributed by atoms with E-state index in [1.54, 1.807) is 13.1 Å². The molecule has 2 aromatic heterocycles. The highest BCUT2D eigenvalue weighted by molar-refractivity contribution is 5.90. The number of anilines is 2. The first-order chi connectivity index (χ1) is 15.8. The predicted molar refractivity (Wildman–Crippen MR) is 119 cm³/mol. The molecule has 1 fully saturated rings. The highest BCUT2D eigenvalue weighted by Gasteiger charge is 2.24. The Labute approximate surface area is 190 Å². The van der Waals surface area contributed by atoms with Crippen molar-refractivity contribution in [3.63, 3.8) is 0 Å². The molecule has 0 bridgehead atoms. The molecular formula is C23H24F2N6O2. The van der Waals surface area contributed by atoms with Gasteiger partial charge in [0.1, 0.15) is 23.2 Å². The maximum atomic E-state index is 12.6. The molecule has 1 aliphatic rings. The molecule has 0 spiro atoms. The number of pyridine rings is 1. The molecule has 1 saturated heterocycles. The van der Waals surface area contributed by atoms with E-state index in [9.17, 15) is 13.6 Å². The number of amides is 1. The summed E-state index contributed by atoms with van der Waals surface area (Å²) in [6, 6.07) is 10.1. The molecule has 8 nitrogen and oxygen atoms in total. The Bertz CT molecular complexity index is 1160. The molecule has 0 radical (unpaired) electrons. The van der Waals surface area contributed by atoms with Gasteiger partial charge in [-0.1, -0.05) is 12.1 Å². The van der Waals surface area contributed by atoms with Gasteiger partial charge in [-0.25, -0.2) is 15.0 Å². The minimum atomic E-state index is -2.91. The van der Waals surface area contributed by atoms with Crippen LogP contribution in [-0.4, -0.2) is 46.6 Å². The first kappa shape index (κ1) is 22.5. The predicted octanol–water partition coefficient (Wildman–Crippen LogP) is 3.42. The van der Waals surface area contributed by atoms with Crippen LogP contribution >= 0.6 is 0 Å². The highest BCUT2D eigenvalue weighted by Crippen LogP contribution is 2.29. The van der Waals surface area contributed by atoms with Gasteiger partial charge in [-0.05, 0) is 32.4 Å². The van der Waals surface area contributed by atoms with Gasteiger partial charge < -0.3 is 20.3 Å². The average molecular weight is 454 g/mol. The Morgan fingerprint density at radius 2 is 2.15 bits per heavy atom. The van der Waals surface area contributed by atoms with E-state index in [0.717, 1.165) is 24.2 Å². The molecule has 4 rings (SSSR count). The molecule has 10 heteroatoms. The third-order valence-electron chi connectivity index (χ3n) is 5.37. The molecule has 0 saturated carbocycles. The second-order valence-corrected chi connectivity index (χ2v) is 7.97. The number of hydrogen-bond acceptors (Lipinski definition) is 7. The SMILES string of the molecule is CC(=O)N[C@@H]1CCN(c2cc3c(N[C@H](C)c4c#ccc(OC(F)F)c4)nc(C)nc3cn2)C1. The number of aryl methyl sites for hydroxylation is 1. The van der Waals surface area contributed by atoms with Crippen molar-refractivity contribution < 1.29 is 18.3 Å². The van der Waals surface area contributed by atoms with Crippen LogP contribution in [0.4, 0.5) is 20.4 Å². The first-order valence-corrected chi connectivity index (χ1v) is 10.6. The van der Waals surface area contributed by atoms with E-state index in [4.69, 9.17) is 0 Å². The van der Waals surface area contributed by atoms with Gasteiger partial charge in [0.15, 0.2) is 0 Å². The van der Waals surface area contributed by atoms with E-state index in [2.05, 4.69) is 47.4 Å². The molecule has 3 heterocycles. The second-order valence-electron chi connectivity index (χ2n) is 7.97. The molecule has 33 heavy (non-hydrogen) atoms. The largest absolute Gasteiger partial charge is 0.434 e. The second kappa shape index (κ2) is 9.40. The van der Waals surface area contributed by atoms with E-state index in [1.807, 2.05) is 13.0 Å². The smallest absolute Gasteiger partial charge is 0.387 e. The average Bonchev–Trinajstić information content (AvgIpc) is 3.21. The number of carbonyl (C=O) groups is 1. The van der Waals surface area contributed by atoms with E-state index >= 15 is 0 Å². The standard InChI is InChI=1S/C23H24F2N6O2/c1-13(16-5-4-6-18(9-16)33-23(24)25)27-22-19-10-21(26-11-20(19)28-14(2)29-22)31-8-7-17(12-31)30-15(3)32/h6,9-11,13,17,23H,7-8,12H2,1-3H3,(H,30,32)(H,27,28,29)/t13-,17-/m1/s1. The zero-order chi connectivity index (χ0) is 23.5. The number of ether oxygens (including phenoxy) is 1. The summed E-state index contributed by atoms with van der Waals surface area (Å²) in [5.41, 5.74) is 1.29. The number of rotatable bonds is 7. The molecule has 172 valence electrons. The minimum absolute atomic E-state index is 0.0189. The number of hydrogen-bond donors (Lipinski definition) is 2. The van der Waals surface area contributed by atoms with Crippen molar-refractivity contribution in [3.05, 3.63) is 47.9 Å². The van der Waals surface area contributed by atoms with Gasteiger partial charge in [0.05, 0.1) is 17.8 Å². The zero-order valence-electron chi connectivity index (χ0n) is 18.5. The van der Waals surface area contributed by atoms with Gasteiger partial charge in [-0.3, -0.25) is 4.79 Å². The summed E-state index contributed by atoms with van der Waals surface area (Å²) in [4.78, 5) is 27.1. The molecule has 2 atom stereocenters. The minimum Gasteiger partial charge on any atom is -0.434 e. The van der Waals surface area contributed by atoms with Crippen LogP contribution in [0.25, 0.3) is 10.9 Å². The molecule has 0 aliphatic carbocycles. The Kier molecular flexibility index (Phi) is 6.40. The van der Waals surface area contributed by atoms with Crippen LogP contribution in [-0.2, 0) is 4.79 Å². The fraction of sp³-hybridized carbons (Fsp3) is 0.391. The number of nitrogens with zero attached hydrogens (tertiary/aromatic N) is 4. The van der Waals surface area contributed by atoms with Gasteiger partial charge in [-0.2, -0.15) is 8.78 Å². The summed E-state index contributed by atoms with van der Waals surface area (Å²) in [6.07, 6.45) is 2.55. The lowest BCUT2D eigenvalue weighted by molar-refractivity contribution is -0.119. The summed E-state index contributed by atoms with van der Waals surface area (Å²) in [5.74, 6) is 1.91. The highest BCUT2D eigenvalue weighted by atomic mass is 19.3. The van der Waals surface area contributed by atoms with E-state index in [0.29, 0.717) is 29.3 Å². The van der Waals surface area contributed by atoms with Crippen LogP contribution in [0.1, 0.15) is 37.7 Å². The normalized spacial score (nSPS) is 16.5. The van der Waals surface area contributed by atoms with Crippen molar-refractivity contribution in [2.45, 2.75) is 45.9 Å². The maximum absolute atomic E-state index is 12.6. The monoisotopic (exact) mass is 454 g/mol. The topological polar surface area (TPSA) is 92.3 Å². The summed E-state index contributed by atoms with van der Waals surface area (Å²) < 4.78 is 29.6. The van der Waals surface area contributed by atoms with Gasteiger partial charge in [0.25, 0.3) is 0 Å². The zero-order valence-corrected chi connectivity index (χ0v) is 18.5. The number of aromatic nitrogens is 3. The Morgan fingerprint density at radius 1 is 1.33 bits per heavy atom. The van der Waals surface area contributed by atoms with Crippen LogP contribution < -0.4 is 20.3 Å². The third kappa shape index (κ3) is 5.37. The van der Waals surface area contributed by atoms with Crippen LogP contribution in [0, 0.1) is 19.1 Å². The van der Waals surface area contributed by atoms with E-state index in [1.165, 1.54) is 19.1 Å². The van der Waals surface area contributed by atoms with Crippen molar-refractivity contribution in [1.29, 1.82) is 0 Å². The van der Waals surface area contributed by atoms with Crippen LogP contribution in [0.2, 0.25) is 0 Å². The van der Waals surface area contributed by atoms with Crippen molar-refractivity contribution >= 4 is 28.4 Å². The van der Waals surface area contributed by atoms with Crippen molar-refractivity contribution in [1.82, 2.24) is 20.3 Å². The Hall–Kier alpha value is -3.74. The van der Waals surface area contributed by atoms with Crippen molar-refractivity contribution in [2.24, 2.45) is 0 Å². The van der Waals surface area contributed by atoms with Crippen LogP contribution in [0.5, 0.6) is 5.75 Å². The number of carbonyl (C=O) groups excluding carboxylic acids is 1. The molecule has 0 unspecified atom stereocenters. The fourth-order valence-corrected chi connectivity index (χ4v) is 3.90. The van der Waals surface area contributed by atoms with Crippen LogP contribution in [0.3, 0.4) is 0 Å². The van der Waals surface area contributed by atoms with Gasteiger partial charge in [0, 0.05) is 43.1 Å². The lowest BCUT2D eigenvalue weighted by Gasteiger charge is -2.20. The number of alkyl halides is 2.